The number of hydrogen-bond acceptors (Lipinski definition) is 3. The van der Waals surface area contributed by atoms with Crippen molar-refractivity contribution in [3.8, 4) is 5.75 Å². The Labute approximate surface area is 108 Å². The first kappa shape index (κ1) is 15.0. The smallest absolute Gasteiger partial charge is 0.406 e. The third-order valence-electron chi connectivity index (χ3n) is 1.93. The van der Waals surface area contributed by atoms with Crippen molar-refractivity contribution >= 4 is 11.6 Å². The number of alkyl halides is 3. The first-order valence-electron chi connectivity index (χ1n) is 5.38. The molecular formula is C12H13F3N2O2. The highest BCUT2D eigenvalue weighted by Gasteiger charge is 2.31. The fraction of sp³-hybridized carbons (Fsp3) is 0.250. The zero-order valence-corrected chi connectivity index (χ0v) is 9.96. The number of halogens is 3. The molecule has 0 heterocycles. The summed E-state index contributed by atoms with van der Waals surface area (Å²) >= 11 is 0. The van der Waals surface area contributed by atoms with Gasteiger partial charge in [-0.2, -0.15) is 0 Å². The minimum absolute atomic E-state index is 0.0381. The predicted octanol–water partition coefficient (Wildman–Crippen LogP) is 2.30. The second kappa shape index (κ2) is 6.79. The molecule has 1 aromatic rings. The van der Waals surface area contributed by atoms with Crippen molar-refractivity contribution in [3.05, 3.63) is 36.9 Å². The summed E-state index contributed by atoms with van der Waals surface area (Å²) in [7, 11) is 0. The Morgan fingerprint density at radius 1 is 1.42 bits per heavy atom. The van der Waals surface area contributed by atoms with Crippen LogP contribution in [0.25, 0.3) is 0 Å². The summed E-state index contributed by atoms with van der Waals surface area (Å²) < 4.78 is 39.8. The molecule has 0 aliphatic rings. The van der Waals surface area contributed by atoms with Crippen LogP contribution in [0.3, 0.4) is 0 Å². The molecule has 1 aromatic carbocycles. The van der Waals surface area contributed by atoms with Gasteiger partial charge in [-0.3, -0.25) is 4.79 Å². The highest BCUT2D eigenvalue weighted by molar-refractivity contribution is 5.92. The molecule has 4 nitrogen and oxygen atoms in total. The number of hydrogen-bond donors (Lipinski definition) is 2. The number of ether oxygens (including phenoxy) is 1. The summed E-state index contributed by atoms with van der Waals surface area (Å²) in [5.41, 5.74) is 0.229. The molecule has 0 aliphatic carbocycles. The third-order valence-corrected chi connectivity index (χ3v) is 1.93. The Balaban J connectivity index is 2.57. The molecule has 0 spiro atoms. The van der Waals surface area contributed by atoms with Gasteiger partial charge in [0.05, 0.1) is 6.54 Å². The number of anilines is 1. The first-order chi connectivity index (χ1) is 8.90. The van der Waals surface area contributed by atoms with E-state index in [1.807, 2.05) is 0 Å². The van der Waals surface area contributed by atoms with Crippen molar-refractivity contribution < 1.29 is 22.7 Å². The van der Waals surface area contributed by atoms with E-state index in [0.29, 0.717) is 6.54 Å². The van der Waals surface area contributed by atoms with E-state index in [1.165, 1.54) is 12.1 Å². The van der Waals surface area contributed by atoms with Gasteiger partial charge in [-0.15, -0.1) is 19.8 Å². The van der Waals surface area contributed by atoms with Crippen LogP contribution >= 0.6 is 0 Å². The largest absolute Gasteiger partial charge is 0.573 e. The van der Waals surface area contributed by atoms with Crippen LogP contribution in [0.15, 0.2) is 36.9 Å². The van der Waals surface area contributed by atoms with Crippen LogP contribution in [-0.4, -0.2) is 25.4 Å². The maximum Gasteiger partial charge on any atom is 0.573 e. The van der Waals surface area contributed by atoms with Crippen molar-refractivity contribution in [2.45, 2.75) is 6.36 Å². The molecule has 2 N–H and O–H groups in total. The lowest BCUT2D eigenvalue weighted by Gasteiger charge is -2.10. The van der Waals surface area contributed by atoms with Crippen molar-refractivity contribution in [2.24, 2.45) is 0 Å². The van der Waals surface area contributed by atoms with Crippen molar-refractivity contribution in [1.29, 1.82) is 0 Å². The second-order valence-corrected chi connectivity index (χ2v) is 3.54. The van der Waals surface area contributed by atoms with Crippen LogP contribution < -0.4 is 15.4 Å². The van der Waals surface area contributed by atoms with E-state index in [2.05, 4.69) is 21.9 Å². The summed E-state index contributed by atoms with van der Waals surface area (Å²) in [6.45, 7) is 3.97. The highest BCUT2D eigenvalue weighted by atomic mass is 19.4. The fourth-order valence-corrected chi connectivity index (χ4v) is 1.26. The molecule has 7 heteroatoms. The molecule has 0 aromatic heterocycles. The van der Waals surface area contributed by atoms with Gasteiger partial charge in [-0.25, -0.2) is 0 Å². The highest BCUT2D eigenvalue weighted by Crippen LogP contribution is 2.24. The number of carbonyl (C=O) groups is 1. The van der Waals surface area contributed by atoms with Gasteiger partial charge in [0, 0.05) is 18.3 Å². The van der Waals surface area contributed by atoms with E-state index < -0.39 is 6.36 Å². The molecule has 0 fully saturated rings. The maximum absolute atomic E-state index is 12.0. The summed E-state index contributed by atoms with van der Waals surface area (Å²) in [6.07, 6.45) is -3.17. The SMILES string of the molecule is C=CCNCC(=O)Nc1cccc(OC(F)(F)F)c1. The van der Waals surface area contributed by atoms with Crippen molar-refractivity contribution in [1.82, 2.24) is 5.32 Å². The normalized spacial score (nSPS) is 10.9. The fourth-order valence-electron chi connectivity index (χ4n) is 1.26. The summed E-state index contributed by atoms with van der Waals surface area (Å²) in [6, 6.07) is 5.07. The molecule has 0 atom stereocenters. The summed E-state index contributed by atoms with van der Waals surface area (Å²) in [5.74, 6) is -0.754. The minimum atomic E-state index is -4.76. The van der Waals surface area contributed by atoms with Crippen molar-refractivity contribution in [3.63, 3.8) is 0 Å². The average Bonchev–Trinajstić information content (AvgIpc) is 2.27. The molecular weight excluding hydrogens is 261 g/mol. The molecule has 0 bridgehead atoms. The van der Waals surface area contributed by atoms with E-state index in [-0.39, 0.29) is 23.9 Å². The molecule has 1 rings (SSSR count). The lowest BCUT2D eigenvalue weighted by atomic mass is 10.3. The van der Waals surface area contributed by atoms with Gasteiger partial charge in [-0.1, -0.05) is 12.1 Å². The number of rotatable bonds is 6. The number of nitrogens with one attached hydrogen (secondary N) is 2. The zero-order valence-electron chi connectivity index (χ0n) is 9.96. The lowest BCUT2D eigenvalue weighted by molar-refractivity contribution is -0.274. The topological polar surface area (TPSA) is 50.4 Å². The molecule has 0 saturated heterocycles. The van der Waals surface area contributed by atoms with E-state index in [9.17, 15) is 18.0 Å². The number of amides is 1. The van der Waals surface area contributed by atoms with Gasteiger partial charge in [-0.05, 0) is 12.1 Å². The third kappa shape index (κ3) is 6.46. The Morgan fingerprint density at radius 3 is 2.79 bits per heavy atom. The summed E-state index contributed by atoms with van der Waals surface area (Å²) in [4.78, 5) is 11.4. The number of benzene rings is 1. The molecule has 104 valence electrons. The minimum Gasteiger partial charge on any atom is -0.406 e. The van der Waals surface area contributed by atoms with Crippen LogP contribution in [-0.2, 0) is 4.79 Å². The van der Waals surface area contributed by atoms with Gasteiger partial charge >= 0.3 is 6.36 Å². The second-order valence-electron chi connectivity index (χ2n) is 3.54. The van der Waals surface area contributed by atoms with E-state index >= 15 is 0 Å². The average molecular weight is 274 g/mol. The Morgan fingerprint density at radius 2 is 2.16 bits per heavy atom. The van der Waals surface area contributed by atoms with Crippen LogP contribution in [0, 0.1) is 0 Å². The Kier molecular flexibility index (Phi) is 5.37. The van der Waals surface area contributed by atoms with Crippen LogP contribution in [0.1, 0.15) is 0 Å². The van der Waals surface area contributed by atoms with Gasteiger partial charge in [0.1, 0.15) is 5.75 Å². The van der Waals surface area contributed by atoms with Gasteiger partial charge < -0.3 is 15.4 Å². The Hall–Kier alpha value is -2.02. The molecule has 19 heavy (non-hydrogen) atoms. The van der Waals surface area contributed by atoms with E-state index in [1.54, 1.807) is 6.08 Å². The zero-order chi connectivity index (χ0) is 14.3. The van der Waals surface area contributed by atoms with Crippen LogP contribution in [0.4, 0.5) is 18.9 Å². The molecule has 0 radical (unpaired) electrons. The quantitative estimate of drug-likeness (QED) is 0.618. The molecule has 0 unspecified atom stereocenters. The molecule has 1 amide bonds. The standard InChI is InChI=1S/C12H13F3N2O2/c1-2-6-16-8-11(18)17-9-4-3-5-10(7-9)19-12(13,14)15/h2-5,7,16H,1,6,8H2,(H,17,18). The maximum atomic E-state index is 12.0. The van der Waals surface area contributed by atoms with E-state index in [0.717, 1.165) is 12.1 Å². The van der Waals surface area contributed by atoms with E-state index in [4.69, 9.17) is 0 Å². The predicted molar refractivity (Wildman–Crippen MR) is 64.8 cm³/mol. The van der Waals surface area contributed by atoms with Crippen LogP contribution in [0.2, 0.25) is 0 Å². The summed E-state index contributed by atoms with van der Waals surface area (Å²) in [5, 5.41) is 5.21. The lowest BCUT2D eigenvalue weighted by Crippen LogP contribution is -2.28. The molecule has 0 aliphatic heterocycles. The van der Waals surface area contributed by atoms with Gasteiger partial charge in [0.2, 0.25) is 5.91 Å². The van der Waals surface area contributed by atoms with Crippen molar-refractivity contribution in [2.75, 3.05) is 18.4 Å². The Bertz CT molecular complexity index is 447. The van der Waals surface area contributed by atoms with Gasteiger partial charge in [0.15, 0.2) is 0 Å². The van der Waals surface area contributed by atoms with Crippen LogP contribution in [0.5, 0.6) is 5.75 Å². The first-order valence-corrected chi connectivity index (χ1v) is 5.38. The number of carbonyl (C=O) groups excluding carboxylic acids is 1. The molecule has 0 saturated carbocycles. The van der Waals surface area contributed by atoms with Gasteiger partial charge in [0.25, 0.3) is 0 Å². The monoisotopic (exact) mass is 274 g/mol.